The Balaban J connectivity index is 0. The topological polar surface area (TPSA) is 0 Å². The van der Waals surface area contributed by atoms with Crippen LogP contribution < -0.4 is 51.4 Å². The Morgan fingerprint density at radius 1 is 0.500 bits per heavy atom. The fourth-order valence-electron chi connectivity index (χ4n) is 0. The van der Waals surface area contributed by atoms with Gasteiger partial charge in [-0.15, -0.1) is 0 Å². The molecule has 0 unspecified atom stereocenters. The van der Waals surface area contributed by atoms with Gasteiger partial charge in [-0.05, 0) is 0 Å². The molecule has 0 aliphatic heterocycles. The maximum Gasteiger partial charge on any atom is 1.00 e. The van der Waals surface area contributed by atoms with Crippen LogP contribution in [-0.2, 0) is 0 Å². The van der Waals surface area contributed by atoms with Gasteiger partial charge in [0, 0.05) is 18.0 Å². The van der Waals surface area contributed by atoms with Crippen LogP contribution >= 0.6 is 0 Å². The van der Waals surface area contributed by atoms with E-state index in [-0.39, 0.29) is 99.0 Å². The predicted octanol–water partition coefficient (Wildman–Crippen LogP) is -2.35. The average molecular weight is 235 g/mol. The molecular weight excluding hydrogens is 228 g/mol. The first kappa shape index (κ1) is 239. The predicted molar refractivity (Wildman–Crippen MR) is 21.9 cm³/mol. The monoisotopic (exact) mass is 235 g/mol. The van der Waals surface area contributed by atoms with Crippen molar-refractivity contribution in [2.75, 3.05) is 0 Å². The van der Waals surface area contributed by atoms with E-state index in [1.54, 1.807) is 0 Å². The molecule has 0 amide bonds. The molecule has 0 bridgehead atoms. The van der Waals surface area contributed by atoms with Gasteiger partial charge in [-0.25, -0.2) is 0 Å². The number of rotatable bonds is 0. The summed E-state index contributed by atoms with van der Waals surface area (Å²) in [6.45, 7) is 0. The van der Waals surface area contributed by atoms with E-state index in [0.717, 1.165) is 0 Å². The van der Waals surface area contributed by atoms with Crippen molar-refractivity contribution in [2.24, 2.45) is 0 Å². The third kappa shape index (κ3) is 113. The van der Waals surface area contributed by atoms with Gasteiger partial charge in [-0.3, -0.25) is 28.2 Å². The molecule has 0 aliphatic carbocycles. The van der Waals surface area contributed by atoms with E-state index >= 15 is 0 Å². The zero-order valence-corrected chi connectivity index (χ0v) is 8.90. The summed E-state index contributed by atoms with van der Waals surface area (Å²) in [5.41, 5.74) is 0. The molecule has 55 valence electrons. The second kappa shape index (κ2) is 168. The van der Waals surface area contributed by atoms with Crippen molar-refractivity contribution in [2.45, 2.75) is 0 Å². The smallest absolute Gasteiger partial charge is 1.00 e. The van der Waals surface area contributed by atoms with E-state index in [4.69, 9.17) is 0 Å². The molecule has 0 aliphatic rings. The van der Waals surface area contributed by atoms with Gasteiger partial charge in [0.25, 0.3) is 0 Å². The normalized spacial score (nSPS) is 0. The molecule has 8 heteroatoms. The molecule has 0 N–H and O–H groups in total. The number of halogens is 6. The summed E-state index contributed by atoms with van der Waals surface area (Å²) in [7, 11) is 0. The summed E-state index contributed by atoms with van der Waals surface area (Å²) in [4.78, 5) is 0. The maximum atomic E-state index is 0. The third-order valence-electron chi connectivity index (χ3n) is 0. The molecule has 0 rings (SSSR count). The molecule has 0 saturated heterocycles. The van der Waals surface area contributed by atoms with Crippen molar-refractivity contribution in [3.05, 3.63) is 0 Å². The molecule has 0 spiro atoms. The Labute approximate surface area is 97.6 Å². The molecule has 0 atom stereocenters. The van der Waals surface area contributed by atoms with Crippen LogP contribution in [0.5, 0.6) is 0 Å². The van der Waals surface area contributed by atoms with Gasteiger partial charge in [0.2, 0.25) is 0 Å². The fourth-order valence-corrected chi connectivity index (χ4v) is 0. The van der Waals surface area contributed by atoms with Crippen molar-refractivity contribution in [1.29, 1.82) is 0 Å². The second-order valence-electron chi connectivity index (χ2n) is 0. The zero-order chi connectivity index (χ0) is 0. The molecular formula is H7AsF6K. The first-order chi connectivity index (χ1) is 0. The Bertz CT molecular complexity index is 13.0. The zero-order valence-electron chi connectivity index (χ0n) is 4.90. The Kier molecular flexibility index (Phi) is 5030. The average Bonchev–Trinajstić information content (AvgIpc) is 0. The molecule has 8 heavy (non-hydrogen) atoms. The van der Waals surface area contributed by atoms with E-state index in [2.05, 4.69) is 0 Å². The van der Waals surface area contributed by atoms with E-state index in [9.17, 15) is 0 Å². The van der Waals surface area contributed by atoms with Crippen molar-refractivity contribution < 1.29 is 81.0 Å². The minimum absolute atomic E-state index is 0. The van der Waals surface area contributed by atoms with Crippen LogP contribution in [0.3, 0.4) is 0 Å². The van der Waals surface area contributed by atoms with E-state index in [1.165, 1.54) is 0 Å². The van der Waals surface area contributed by atoms with Gasteiger partial charge in [0.15, 0.2) is 0 Å². The summed E-state index contributed by atoms with van der Waals surface area (Å²) < 4.78 is 0. The molecule has 0 aromatic heterocycles. The van der Waals surface area contributed by atoms with Crippen LogP contribution in [0, 0.1) is 0 Å². The first-order valence-corrected chi connectivity index (χ1v) is 0. The Hall–Kier alpha value is 1.77. The van der Waals surface area contributed by atoms with Gasteiger partial charge in [-0.1, -0.05) is 0 Å². The summed E-state index contributed by atoms with van der Waals surface area (Å²) in [6.07, 6.45) is 0. The van der Waals surface area contributed by atoms with Crippen molar-refractivity contribution in [3.63, 3.8) is 0 Å². The summed E-state index contributed by atoms with van der Waals surface area (Å²) in [5.74, 6) is 0. The van der Waals surface area contributed by atoms with Gasteiger partial charge in [0.1, 0.15) is 0 Å². The van der Waals surface area contributed by atoms with Crippen molar-refractivity contribution in [1.82, 2.24) is 0 Å². The Morgan fingerprint density at radius 2 is 0.500 bits per heavy atom. The maximum absolute atomic E-state index is 0. The van der Waals surface area contributed by atoms with Crippen molar-refractivity contribution in [3.8, 4) is 0 Å². The SMILES string of the molecule is F.F.F.F.F.F.[As].[H-].[K+]. The molecule has 0 heterocycles. The molecule has 0 saturated carbocycles. The third-order valence-corrected chi connectivity index (χ3v) is 0. The minimum atomic E-state index is 0. The molecule has 0 fully saturated rings. The van der Waals surface area contributed by atoms with E-state index in [0.29, 0.717) is 0 Å². The fraction of sp³-hybridized carbons (Fsp3) is 0. The van der Waals surface area contributed by atoms with Crippen LogP contribution in [0.25, 0.3) is 0 Å². The Morgan fingerprint density at radius 3 is 0.500 bits per heavy atom. The summed E-state index contributed by atoms with van der Waals surface area (Å²) >= 11 is 0. The molecule has 0 aromatic carbocycles. The largest absolute Gasteiger partial charge is 1.00 e. The summed E-state index contributed by atoms with van der Waals surface area (Å²) in [6, 6.07) is 0. The standard InChI is InChI=1S/As.6FH.K.H/h;6*1H;;/q;;;;;;;+1;-1. The van der Waals surface area contributed by atoms with Crippen LogP contribution in [-0.4, -0.2) is 18.0 Å². The molecule has 0 nitrogen and oxygen atoms in total. The first-order valence-electron chi connectivity index (χ1n) is 0. The van der Waals surface area contributed by atoms with Crippen LogP contribution in [0.2, 0.25) is 0 Å². The van der Waals surface area contributed by atoms with Crippen molar-refractivity contribution >= 4 is 18.0 Å². The van der Waals surface area contributed by atoms with Gasteiger partial charge in [-0.2, -0.15) is 0 Å². The van der Waals surface area contributed by atoms with Gasteiger partial charge >= 0.3 is 51.4 Å². The minimum Gasteiger partial charge on any atom is -1.00 e. The molecule has 3 radical (unpaired) electrons. The second-order valence-corrected chi connectivity index (χ2v) is 0. The van der Waals surface area contributed by atoms with E-state index < -0.39 is 0 Å². The number of hydrogen-bond donors (Lipinski definition) is 0. The molecule has 0 aromatic rings. The van der Waals surface area contributed by atoms with Gasteiger partial charge in [0.05, 0.1) is 0 Å². The van der Waals surface area contributed by atoms with Crippen LogP contribution in [0.15, 0.2) is 0 Å². The van der Waals surface area contributed by atoms with E-state index in [1.807, 2.05) is 0 Å². The van der Waals surface area contributed by atoms with Crippen LogP contribution in [0.1, 0.15) is 1.43 Å². The summed E-state index contributed by atoms with van der Waals surface area (Å²) in [5, 5.41) is 0. The van der Waals surface area contributed by atoms with Gasteiger partial charge < -0.3 is 1.43 Å². The number of hydrogen-bond acceptors (Lipinski definition) is 0. The van der Waals surface area contributed by atoms with Crippen LogP contribution in [0.4, 0.5) is 28.2 Å². The quantitative estimate of drug-likeness (QED) is 0.326.